The molecule has 0 saturated carbocycles. The first kappa shape index (κ1) is 16.5. The molecule has 0 saturated heterocycles. The van der Waals surface area contributed by atoms with E-state index in [4.69, 9.17) is 0 Å². The quantitative estimate of drug-likeness (QED) is 0.774. The van der Waals surface area contributed by atoms with E-state index < -0.39 is 0 Å². The van der Waals surface area contributed by atoms with E-state index in [1.807, 2.05) is 45.9 Å². The normalized spacial score (nSPS) is 12.9. The van der Waals surface area contributed by atoms with Crippen molar-refractivity contribution in [3.8, 4) is 0 Å². The van der Waals surface area contributed by atoms with Gasteiger partial charge in [0.05, 0.1) is 6.10 Å². The molecule has 0 aliphatic carbocycles. The Hall–Kier alpha value is -1.55. The molecule has 0 radical (unpaired) electrons. The van der Waals surface area contributed by atoms with Crippen LogP contribution in [0.1, 0.15) is 38.3 Å². The fourth-order valence-electron chi connectivity index (χ4n) is 2.23. The lowest BCUT2D eigenvalue weighted by Gasteiger charge is -2.26. The van der Waals surface area contributed by atoms with Crippen LogP contribution < -0.4 is 10.6 Å². The van der Waals surface area contributed by atoms with Crippen LogP contribution in [0.2, 0.25) is 0 Å². The van der Waals surface area contributed by atoms with Gasteiger partial charge in [0.2, 0.25) is 0 Å². The molecule has 0 aliphatic heterocycles. The summed E-state index contributed by atoms with van der Waals surface area (Å²) in [5, 5.41) is 15.2. The predicted molar refractivity (Wildman–Crippen MR) is 83.0 cm³/mol. The smallest absolute Gasteiger partial charge is 0.319 e. The van der Waals surface area contributed by atoms with Gasteiger partial charge in [-0.2, -0.15) is 0 Å². The average molecular weight is 278 g/mol. The van der Waals surface area contributed by atoms with Crippen molar-refractivity contribution in [3.63, 3.8) is 0 Å². The Morgan fingerprint density at radius 3 is 2.60 bits per heavy atom. The van der Waals surface area contributed by atoms with Gasteiger partial charge in [0.1, 0.15) is 0 Å². The summed E-state index contributed by atoms with van der Waals surface area (Å²) < 4.78 is 0. The van der Waals surface area contributed by atoms with Crippen LogP contribution >= 0.6 is 0 Å². The molecule has 1 atom stereocenters. The number of rotatable bonds is 5. The lowest BCUT2D eigenvalue weighted by molar-refractivity contribution is 0.129. The maximum Gasteiger partial charge on any atom is 0.319 e. The number of hydrogen-bond acceptors (Lipinski definition) is 2. The first-order valence-corrected chi connectivity index (χ1v) is 7.00. The average Bonchev–Trinajstić information content (AvgIpc) is 2.30. The van der Waals surface area contributed by atoms with Gasteiger partial charge in [0.15, 0.2) is 0 Å². The molecule has 4 nitrogen and oxygen atoms in total. The maximum absolute atomic E-state index is 11.9. The number of aryl methyl sites for hydroxylation is 2. The lowest BCUT2D eigenvalue weighted by Crippen LogP contribution is -2.38. The minimum atomic E-state index is -0.367. The van der Waals surface area contributed by atoms with E-state index in [1.165, 1.54) is 0 Å². The Balaban J connectivity index is 2.54. The molecular formula is C16H26N2O2. The molecule has 0 aromatic heterocycles. The summed E-state index contributed by atoms with van der Waals surface area (Å²) in [4.78, 5) is 11.9. The molecule has 1 unspecified atom stereocenters. The number of carbonyl (C=O) groups excluding carboxylic acids is 1. The van der Waals surface area contributed by atoms with Crippen molar-refractivity contribution in [1.29, 1.82) is 0 Å². The van der Waals surface area contributed by atoms with Crippen molar-refractivity contribution < 1.29 is 9.90 Å². The van der Waals surface area contributed by atoms with Gasteiger partial charge in [-0.25, -0.2) is 4.79 Å². The Morgan fingerprint density at radius 2 is 2.00 bits per heavy atom. The molecular weight excluding hydrogens is 252 g/mol. The Morgan fingerprint density at radius 1 is 1.35 bits per heavy atom. The van der Waals surface area contributed by atoms with Gasteiger partial charge in [-0.05, 0) is 49.8 Å². The van der Waals surface area contributed by atoms with Gasteiger partial charge < -0.3 is 15.7 Å². The van der Waals surface area contributed by atoms with Gasteiger partial charge in [0, 0.05) is 12.2 Å². The number of benzene rings is 1. The van der Waals surface area contributed by atoms with E-state index >= 15 is 0 Å². The zero-order chi connectivity index (χ0) is 15.3. The molecule has 1 rings (SSSR count). The van der Waals surface area contributed by atoms with Crippen LogP contribution in [0.25, 0.3) is 0 Å². The largest absolute Gasteiger partial charge is 0.393 e. The van der Waals surface area contributed by atoms with Gasteiger partial charge in [-0.15, -0.1) is 0 Å². The van der Waals surface area contributed by atoms with E-state index in [0.29, 0.717) is 13.0 Å². The summed E-state index contributed by atoms with van der Waals surface area (Å²) in [5.41, 5.74) is 2.85. The SMILES string of the molecule is Cc1ccc(C)c(NC(=O)NCC(C)(C)CC(C)O)c1. The van der Waals surface area contributed by atoms with Gasteiger partial charge in [-0.1, -0.05) is 26.0 Å². The highest BCUT2D eigenvalue weighted by molar-refractivity contribution is 5.90. The monoisotopic (exact) mass is 278 g/mol. The molecule has 0 aliphatic rings. The second-order valence-corrected chi connectivity index (χ2v) is 6.34. The van der Waals surface area contributed by atoms with Crippen molar-refractivity contribution in [1.82, 2.24) is 5.32 Å². The summed E-state index contributed by atoms with van der Waals surface area (Å²) in [6.45, 7) is 10.3. The van der Waals surface area contributed by atoms with Crippen molar-refractivity contribution >= 4 is 11.7 Å². The Kier molecular flexibility index (Phi) is 5.57. The van der Waals surface area contributed by atoms with Crippen LogP contribution in [0.4, 0.5) is 10.5 Å². The fourth-order valence-corrected chi connectivity index (χ4v) is 2.23. The van der Waals surface area contributed by atoms with Crippen molar-refractivity contribution in [2.75, 3.05) is 11.9 Å². The van der Waals surface area contributed by atoms with Crippen LogP contribution in [0.5, 0.6) is 0 Å². The van der Waals surface area contributed by atoms with E-state index in [-0.39, 0.29) is 17.6 Å². The topological polar surface area (TPSA) is 61.4 Å². The molecule has 0 heterocycles. The third-order valence-corrected chi connectivity index (χ3v) is 3.22. The molecule has 112 valence electrons. The fraction of sp³-hybridized carbons (Fsp3) is 0.562. The molecule has 4 heteroatoms. The van der Waals surface area contributed by atoms with Gasteiger partial charge >= 0.3 is 6.03 Å². The third-order valence-electron chi connectivity index (χ3n) is 3.22. The summed E-state index contributed by atoms with van der Waals surface area (Å²) in [6, 6.07) is 5.75. The van der Waals surface area contributed by atoms with Crippen LogP contribution in [0, 0.1) is 19.3 Å². The number of hydrogen-bond donors (Lipinski definition) is 3. The highest BCUT2D eigenvalue weighted by Gasteiger charge is 2.21. The Bertz CT molecular complexity index is 468. The number of aliphatic hydroxyl groups is 1. The number of anilines is 1. The molecule has 1 aromatic carbocycles. The van der Waals surface area contributed by atoms with E-state index in [2.05, 4.69) is 10.6 Å². The molecule has 0 spiro atoms. The van der Waals surface area contributed by atoms with E-state index in [0.717, 1.165) is 16.8 Å². The zero-order valence-corrected chi connectivity index (χ0v) is 13.1. The van der Waals surface area contributed by atoms with Crippen molar-refractivity contribution in [2.45, 2.75) is 47.1 Å². The predicted octanol–water partition coefficient (Wildman–Crippen LogP) is 3.22. The number of urea groups is 1. The van der Waals surface area contributed by atoms with Gasteiger partial charge in [-0.3, -0.25) is 0 Å². The first-order chi connectivity index (χ1) is 9.19. The molecule has 20 heavy (non-hydrogen) atoms. The minimum Gasteiger partial charge on any atom is -0.393 e. The second kappa shape index (κ2) is 6.75. The number of amides is 2. The van der Waals surface area contributed by atoms with Crippen molar-refractivity contribution in [3.05, 3.63) is 29.3 Å². The van der Waals surface area contributed by atoms with Crippen LogP contribution in [-0.2, 0) is 0 Å². The summed E-state index contributed by atoms with van der Waals surface area (Å²) in [6.07, 6.45) is 0.283. The number of nitrogens with one attached hydrogen (secondary N) is 2. The van der Waals surface area contributed by atoms with Gasteiger partial charge in [0.25, 0.3) is 0 Å². The molecule has 3 N–H and O–H groups in total. The number of carbonyl (C=O) groups is 1. The summed E-state index contributed by atoms with van der Waals surface area (Å²) >= 11 is 0. The third kappa shape index (κ3) is 5.61. The van der Waals surface area contributed by atoms with E-state index in [9.17, 15) is 9.90 Å². The molecule has 1 aromatic rings. The Labute approximate surface area is 121 Å². The first-order valence-electron chi connectivity index (χ1n) is 7.00. The van der Waals surface area contributed by atoms with Crippen molar-refractivity contribution in [2.24, 2.45) is 5.41 Å². The zero-order valence-electron chi connectivity index (χ0n) is 13.1. The maximum atomic E-state index is 11.9. The van der Waals surface area contributed by atoms with Crippen LogP contribution in [0.3, 0.4) is 0 Å². The lowest BCUT2D eigenvalue weighted by atomic mass is 9.87. The minimum absolute atomic E-state index is 0.132. The molecule has 0 bridgehead atoms. The standard InChI is InChI=1S/C16H26N2O2/c1-11-6-7-12(2)14(8-11)18-15(20)17-10-16(4,5)9-13(3)19/h6-8,13,19H,9-10H2,1-5H3,(H2,17,18,20). The van der Waals surface area contributed by atoms with Crippen LogP contribution in [-0.4, -0.2) is 23.8 Å². The molecule has 2 amide bonds. The highest BCUT2D eigenvalue weighted by atomic mass is 16.3. The highest BCUT2D eigenvalue weighted by Crippen LogP contribution is 2.21. The molecule has 0 fully saturated rings. The summed E-state index contributed by atoms with van der Waals surface area (Å²) in [7, 11) is 0. The van der Waals surface area contributed by atoms with E-state index in [1.54, 1.807) is 6.92 Å². The second-order valence-electron chi connectivity index (χ2n) is 6.34. The van der Waals surface area contributed by atoms with Crippen LogP contribution in [0.15, 0.2) is 18.2 Å². The summed E-state index contributed by atoms with van der Waals surface area (Å²) in [5.74, 6) is 0. The number of aliphatic hydroxyl groups excluding tert-OH is 1.